The lowest BCUT2D eigenvalue weighted by molar-refractivity contribution is -0.117. The Bertz CT molecular complexity index is 737. The molecule has 0 unspecified atom stereocenters. The largest absolute Gasteiger partial charge is 0.510 e. The summed E-state index contributed by atoms with van der Waals surface area (Å²) in [6.45, 7) is 9.61. The van der Waals surface area contributed by atoms with Crippen molar-refractivity contribution < 1.29 is 15.0 Å². The van der Waals surface area contributed by atoms with Crippen LogP contribution in [0.5, 0.6) is 0 Å². The third-order valence-electron chi connectivity index (χ3n) is 5.53. The van der Waals surface area contributed by atoms with Crippen molar-refractivity contribution >= 4 is 12.0 Å². The molecule has 2 aliphatic heterocycles. The zero-order valence-electron chi connectivity index (χ0n) is 17.3. The smallest absolute Gasteiger partial charge is 0.181 e. The predicted molar refractivity (Wildman–Crippen MR) is 114 cm³/mol. The lowest BCUT2D eigenvalue weighted by Gasteiger charge is -2.33. The molecule has 7 heteroatoms. The Morgan fingerprint density at radius 1 is 1.00 bits per heavy atom. The second-order valence-electron chi connectivity index (χ2n) is 7.86. The second kappa shape index (κ2) is 10.6. The van der Waals surface area contributed by atoms with Crippen molar-refractivity contribution in [3.63, 3.8) is 0 Å². The van der Waals surface area contributed by atoms with Gasteiger partial charge in [0.1, 0.15) is 5.76 Å². The quantitative estimate of drug-likeness (QED) is 0.631. The molecule has 0 amide bonds. The molecule has 1 fully saturated rings. The maximum absolute atomic E-state index is 12.5. The molecule has 0 atom stereocenters. The fourth-order valence-electron chi connectivity index (χ4n) is 3.74. The van der Waals surface area contributed by atoms with E-state index in [1.54, 1.807) is 6.21 Å². The topological polar surface area (TPSA) is 79.6 Å². The van der Waals surface area contributed by atoms with Gasteiger partial charge in [-0.15, -0.1) is 0 Å². The normalized spacial score (nSPS) is 20.1. The first-order chi connectivity index (χ1) is 14.0. The van der Waals surface area contributed by atoms with Gasteiger partial charge in [-0.05, 0) is 12.5 Å². The van der Waals surface area contributed by atoms with Gasteiger partial charge in [0.05, 0.1) is 31.8 Å². The first-order valence-corrected chi connectivity index (χ1v) is 10.3. The Kier molecular flexibility index (Phi) is 7.94. The number of rotatable bonds is 8. The summed E-state index contributed by atoms with van der Waals surface area (Å²) in [7, 11) is 0. The molecule has 158 valence electrons. The van der Waals surface area contributed by atoms with Gasteiger partial charge in [-0.2, -0.15) is 0 Å². The summed E-state index contributed by atoms with van der Waals surface area (Å²) in [5.41, 5.74) is 2.68. The molecule has 0 aliphatic carbocycles. The number of ketones is 1. The van der Waals surface area contributed by atoms with E-state index in [1.807, 2.05) is 11.8 Å². The highest BCUT2D eigenvalue weighted by Crippen LogP contribution is 2.15. The third-order valence-corrected chi connectivity index (χ3v) is 5.53. The third kappa shape index (κ3) is 6.47. The van der Waals surface area contributed by atoms with Crippen LogP contribution in [0.1, 0.15) is 11.1 Å². The van der Waals surface area contributed by atoms with Crippen LogP contribution in [0.25, 0.3) is 0 Å². The van der Waals surface area contributed by atoms with Crippen LogP contribution in [0.2, 0.25) is 0 Å². The number of aliphatic imine (C=N–C) groups is 1. The number of aliphatic hydroxyl groups is 2. The van der Waals surface area contributed by atoms with E-state index in [9.17, 15) is 9.90 Å². The van der Waals surface area contributed by atoms with Gasteiger partial charge in [0.15, 0.2) is 5.78 Å². The summed E-state index contributed by atoms with van der Waals surface area (Å²) in [6, 6.07) is 8.23. The van der Waals surface area contributed by atoms with E-state index in [-0.39, 0.29) is 18.1 Å². The Morgan fingerprint density at radius 2 is 1.66 bits per heavy atom. The van der Waals surface area contributed by atoms with Crippen LogP contribution in [0.15, 0.2) is 40.6 Å². The molecule has 2 heterocycles. The average Bonchev–Trinajstić information content (AvgIpc) is 2.70. The van der Waals surface area contributed by atoms with Gasteiger partial charge in [0.2, 0.25) is 0 Å². The lowest BCUT2D eigenvalue weighted by atomic mass is 10.0. The van der Waals surface area contributed by atoms with Gasteiger partial charge in [-0.25, -0.2) is 0 Å². The van der Waals surface area contributed by atoms with Gasteiger partial charge in [0, 0.05) is 52.0 Å². The van der Waals surface area contributed by atoms with Gasteiger partial charge >= 0.3 is 0 Å². The monoisotopic (exact) mass is 400 g/mol. The fourth-order valence-corrected chi connectivity index (χ4v) is 3.74. The molecule has 0 radical (unpaired) electrons. The maximum Gasteiger partial charge on any atom is 0.181 e. The fraction of sp³-hybridized carbons (Fsp3) is 0.545. The molecule has 1 aromatic carbocycles. The summed E-state index contributed by atoms with van der Waals surface area (Å²) in [6.07, 6.45) is 1.54. The minimum absolute atomic E-state index is 0.0813. The van der Waals surface area contributed by atoms with Crippen molar-refractivity contribution in [1.82, 2.24) is 14.7 Å². The van der Waals surface area contributed by atoms with Crippen molar-refractivity contribution in [1.29, 1.82) is 0 Å². The summed E-state index contributed by atoms with van der Waals surface area (Å²) in [5.74, 6) is 0.0250. The van der Waals surface area contributed by atoms with E-state index in [0.29, 0.717) is 31.8 Å². The van der Waals surface area contributed by atoms with Crippen molar-refractivity contribution in [2.24, 2.45) is 4.99 Å². The van der Waals surface area contributed by atoms with Crippen LogP contribution in [-0.2, 0) is 11.3 Å². The number of carbonyl (C=O) groups is 1. The number of carbonyl (C=O) groups excluding carboxylic acids is 1. The Morgan fingerprint density at radius 3 is 2.28 bits per heavy atom. The molecule has 0 bridgehead atoms. The van der Waals surface area contributed by atoms with Crippen LogP contribution in [-0.4, -0.2) is 102 Å². The Labute approximate surface area is 172 Å². The van der Waals surface area contributed by atoms with Crippen LogP contribution >= 0.6 is 0 Å². The average molecular weight is 401 g/mol. The number of hydrogen-bond donors (Lipinski definition) is 2. The van der Waals surface area contributed by atoms with Crippen molar-refractivity contribution in [3.8, 4) is 0 Å². The number of nitrogens with zero attached hydrogens (tertiary/aromatic N) is 4. The number of benzene rings is 1. The molecule has 7 nitrogen and oxygen atoms in total. The molecular weight excluding hydrogens is 368 g/mol. The number of hydrogen-bond acceptors (Lipinski definition) is 7. The number of β-amino-alcohol motifs (C(OH)–C–C–N with tert-alkyl or cyclic N) is 1. The van der Waals surface area contributed by atoms with E-state index >= 15 is 0 Å². The molecule has 29 heavy (non-hydrogen) atoms. The van der Waals surface area contributed by atoms with Crippen LogP contribution in [0, 0.1) is 6.92 Å². The summed E-state index contributed by atoms with van der Waals surface area (Å²) in [4.78, 5) is 23.4. The maximum atomic E-state index is 12.5. The second-order valence-corrected chi connectivity index (χ2v) is 7.86. The zero-order valence-corrected chi connectivity index (χ0v) is 17.3. The van der Waals surface area contributed by atoms with Crippen molar-refractivity contribution in [2.45, 2.75) is 13.5 Å². The number of Topliss-reactive ketones (excluding diaryl/α,β-unsaturated/α-hetero) is 1. The molecular formula is C22H32N4O3. The van der Waals surface area contributed by atoms with Gasteiger partial charge in [0.25, 0.3) is 0 Å². The van der Waals surface area contributed by atoms with Gasteiger partial charge < -0.3 is 10.2 Å². The standard InChI is InChI=1S/C22H32N4O3/c1-18-2-4-19(5-3-18)15-26-16-21(28)20(22(29)17-26)14-23-6-7-24-8-10-25(11-9-24)12-13-27/h2-5,14,27-28H,6-13,15-17H2,1H3. The first-order valence-electron chi connectivity index (χ1n) is 10.3. The summed E-state index contributed by atoms with van der Waals surface area (Å²) >= 11 is 0. The van der Waals surface area contributed by atoms with E-state index < -0.39 is 0 Å². The van der Waals surface area contributed by atoms with Crippen molar-refractivity contribution in [3.05, 3.63) is 46.7 Å². The molecule has 1 saturated heterocycles. The minimum atomic E-state index is -0.0813. The van der Waals surface area contributed by atoms with E-state index in [1.165, 1.54) is 5.56 Å². The number of piperazine rings is 1. The molecule has 0 aromatic heterocycles. The molecule has 2 N–H and O–H groups in total. The van der Waals surface area contributed by atoms with E-state index in [4.69, 9.17) is 5.11 Å². The highest BCUT2D eigenvalue weighted by atomic mass is 16.3. The highest BCUT2D eigenvalue weighted by Gasteiger charge is 2.24. The van der Waals surface area contributed by atoms with Crippen LogP contribution in [0.3, 0.4) is 0 Å². The summed E-state index contributed by atoms with van der Waals surface area (Å²) < 4.78 is 0. The zero-order chi connectivity index (χ0) is 20.6. The van der Waals surface area contributed by atoms with Crippen molar-refractivity contribution in [2.75, 3.05) is 65.5 Å². The molecule has 3 rings (SSSR count). The SMILES string of the molecule is Cc1ccc(CN2CC(=O)C(C=NCCN3CCN(CCO)CC3)=C(O)C2)cc1. The number of aliphatic hydroxyl groups excluding tert-OH is 2. The molecule has 2 aliphatic rings. The van der Waals surface area contributed by atoms with Crippen LogP contribution < -0.4 is 0 Å². The van der Waals surface area contributed by atoms with Gasteiger partial charge in [-0.1, -0.05) is 29.8 Å². The summed E-state index contributed by atoms with van der Waals surface area (Å²) in [5, 5.41) is 19.3. The first kappa shape index (κ1) is 21.6. The predicted octanol–water partition coefficient (Wildman–Crippen LogP) is 0.873. The molecule has 0 spiro atoms. The van der Waals surface area contributed by atoms with E-state index in [2.05, 4.69) is 39.1 Å². The highest BCUT2D eigenvalue weighted by molar-refractivity contribution is 6.15. The van der Waals surface area contributed by atoms with Gasteiger partial charge in [-0.3, -0.25) is 24.5 Å². The molecule has 0 saturated carbocycles. The number of aryl methyl sites for hydroxylation is 1. The Hall–Kier alpha value is -2.06. The molecule has 1 aromatic rings. The van der Waals surface area contributed by atoms with E-state index in [0.717, 1.165) is 44.8 Å². The van der Waals surface area contributed by atoms with Crippen LogP contribution in [0.4, 0.5) is 0 Å². The minimum Gasteiger partial charge on any atom is -0.510 e. The lowest BCUT2D eigenvalue weighted by Crippen LogP contribution is -2.47. The Balaban J connectivity index is 1.45.